The first-order valence-electron chi connectivity index (χ1n) is 8.49. The number of carbonyl (C=O) groups is 3. The van der Waals surface area contributed by atoms with Gasteiger partial charge in [0.15, 0.2) is 6.61 Å². The highest BCUT2D eigenvalue weighted by atomic mass is 16.5. The van der Waals surface area contributed by atoms with Gasteiger partial charge in [-0.25, -0.2) is 0 Å². The Labute approximate surface area is 157 Å². The molecule has 142 valence electrons. The van der Waals surface area contributed by atoms with Crippen molar-refractivity contribution in [1.82, 2.24) is 5.32 Å². The average molecular weight is 370 g/mol. The summed E-state index contributed by atoms with van der Waals surface area (Å²) in [6.07, 6.45) is 0.0142. The summed E-state index contributed by atoms with van der Waals surface area (Å²) in [5, 5.41) is 5.11. The molecule has 0 heterocycles. The molecule has 0 spiro atoms. The highest BCUT2D eigenvalue weighted by molar-refractivity contribution is 5.92. The van der Waals surface area contributed by atoms with Crippen LogP contribution in [0, 0.1) is 0 Å². The summed E-state index contributed by atoms with van der Waals surface area (Å²) in [6.45, 7) is 1.61. The van der Waals surface area contributed by atoms with Crippen molar-refractivity contribution in [3.63, 3.8) is 0 Å². The molecule has 0 bridgehead atoms. The number of hydrogen-bond acceptors (Lipinski definition) is 5. The monoisotopic (exact) mass is 370 g/mol. The van der Waals surface area contributed by atoms with Gasteiger partial charge in [-0.2, -0.15) is 0 Å². The predicted octanol–water partition coefficient (Wildman–Crippen LogP) is 2.27. The first-order valence-corrected chi connectivity index (χ1v) is 8.49. The van der Waals surface area contributed by atoms with Crippen LogP contribution in [0.3, 0.4) is 0 Å². The third-order valence-electron chi connectivity index (χ3n) is 3.45. The van der Waals surface area contributed by atoms with Crippen molar-refractivity contribution in [2.45, 2.75) is 20.0 Å². The number of benzene rings is 2. The lowest BCUT2D eigenvalue weighted by molar-refractivity contribution is -0.147. The number of anilines is 1. The minimum absolute atomic E-state index is 0.0142. The molecular weight excluding hydrogens is 348 g/mol. The maximum absolute atomic E-state index is 11.8. The van der Waals surface area contributed by atoms with E-state index in [9.17, 15) is 14.4 Å². The third kappa shape index (κ3) is 8.04. The van der Waals surface area contributed by atoms with Crippen LogP contribution < -0.4 is 15.4 Å². The third-order valence-corrected chi connectivity index (χ3v) is 3.45. The van der Waals surface area contributed by atoms with Crippen molar-refractivity contribution >= 4 is 23.5 Å². The summed E-state index contributed by atoms with van der Waals surface area (Å²) >= 11 is 0. The van der Waals surface area contributed by atoms with Crippen LogP contribution in [0.4, 0.5) is 5.69 Å². The van der Waals surface area contributed by atoms with Crippen molar-refractivity contribution in [2.24, 2.45) is 0 Å². The molecule has 27 heavy (non-hydrogen) atoms. The van der Waals surface area contributed by atoms with Crippen molar-refractivity contribution in [2.75, 3.05) is 18.5 Å². The molecule has 2 N–H and O–H groups in total. The van der Waals surface area contributed by atoms with Gasteiger partial charge in [-0.3, -0.25) is 14.4 Å². The summed E-state index contributed by atoms with van der Waals surface area (Å²) in [5.41, 5.74) is 1.64. The van der Waals surface area contributed by atoms with Gasteiger partial charge in [0.05, 0.1) is 6.42 Å². The minimum atomic E-state index is -0.552. The number of ether oxygens (including phenoxy) is 2. The molecule has 0 fully saturated rings. The van der Waals surface area contributed by atoms with Crippen molar-refractivity contribution < 1.29 is 23.9 Å². The van der Waals surface area contributed by atoms with Gasteiger partial charge in [0.25, 0.3) is 5.91 Å². The number of hydrogen-bond donors (Lipinski definition) is 2. The van der Waals surface area contributed by atoms with Crippen LogP contribution in [0.25, 0.3) is 0 Å². The Morgan fingerprint density at radius 3 is 2.33 bits per heavy atom. The lowest BCUT2D eigenvalue weighted by atomic mass is 10.2. The highest BCUT2D eigenvalue weighted by Gasteiger charge is 2.08. The Morgan fingerprint density at radius 2 is 1.67 bits per heavy atom. The molecule has 2 aromatic rings. The molecule has 2 aromatic carbocycles. The normalized spacial score (nSPS) is 9.96. The Morgan fingerprint density at radius 1 is 0.963 bits per heavy atom. The van der Waals surface area contributed by atoms with Crippen LogP contribution in [-0.4, -0.2) is 30.9 Å². The van der Waals surface area contributed by atoms with Crippen LogP contribution in [0.1, 0.15) is 18.9 Å². The van der Waals surface area contributed by atoms with E-state index < -0.39 is 11.9 Å². The smallest absolute Gasteiger partial charge is 0.308 e. The molecule has 0 saturated carbocycles. The van der Waals surface area contributed by atoms with Gasteiger partial charge in [0.2, 0.25) is 5.91 Å². The summed E-state index contributed by atoms with van der Waals surface area (Å²) < 4.78 is 10.5. The van der Waals surface area contributed by atoms with Crippen molar-refractivity contribution in [1.29, 1.82) is 0 Å². The molecule has 0 radical (unpaired) electrons. The molecule has 0 saturated heterocycles. The van der Waals surface area contributed by atoms with Gasteiger partial charge in [-0.1, -0.05) is 30.3 Å². The Kier molecular flexibility index (Phi) is 7.84. The van der Waals surface area contributed by atoms with E-state index in [4.69, 9.17) is 9.47 Å². The topological polar surface area (TPSA) is 93.7 Å². The Hall–Kier alpha value is -3.35. The molecule has 2 rings (SSSR count). The summed E-state index contributed by atoms with van der Waals surface area (Å²) in [4.78, 5) is 33.9. The van der Waals surface area contributed by atoms with Gasteiger partial charge >= 0.3 is 5.97 Å². The van der Waals surface area contributed by atoms with Crippen molar-refractivity contribution in [3.8, 4) is 5.75 Å². The Bertz CT molecular complexity index is 760. The van der Waals surface area contributed by atoms with Crippen LogP contribution >= 0.6 is 0 Å². The number of nitrogens with one attached hydrogen (secondary N) is 2. The van der Waals surface area contributed by atoms with E-state index in [2.05, 4.69) is 10.6 Å². The second-order valence-electron chi connectivity index (χ2n) is 5.74. The van der Waals surface area contributed by atoms with Gasteiger partial charge in [0.1, 0.15) is 12.4 Å². The fourth-order valence-corrected chi connectivity index (χ4v) is 2.13. The van der Waals surface area contributed by atoms with Crippen LogP contribution in [0.15, 0.2) is 54.6 Å². The summed E-state index contributed by atoms with van der Waals surface area (Å²) in [5.74, 6) is -0.539. The standard InChI is InChI=1S/C20H22N2O5/c1-15(23)21-12-11-20(25)27-14-19(24)22-17-7-9-18(10-8-17)26-13-16-5-3-2-4-6-16/h2-10H,11-14H2,1H3,(H,21,23)(H,22,24). The fraction of sp³-hybridized carbons (Fsp3) is 0.250. The SMILES string of the molecule is CC(=O)NCCC(=O)OCC(=O)Nc1ccc(OCc2ccccc2)cc1. The molecule has 0 aliphatic carbocycles. The molecular formula is C20H22N2O5. The zero-order chi connectivity index (χ0) is 19.5. The predicted molar refractivity (Wildman–Crippen MR) is 100 cm³/mol. The van der Waals surface area contributed by atoms with E-state index in [1.54, 1.807) is 24.3 Å². The second kappa shape index (κ2) is 10.6. The van der Waals surface area contributed by atoms with Gasteiger partial charge < -0.3 is 20.1 Å². The van der Waals surface area contributed by atoms with Gasteiger partial charge in [-0.15, -0.1) is 0 Å². The molecule has 0 aromatic heterocycles. The van der Waals surface area contributed by atoms with E-state index >= 15 is 0 Å². The minimum Gasteiger partial charge on any atom is -0.489 e. The lowest BCUT2D eigenvalue weighted by Gasteiger charge is -2.09. The molecule has 7 heteroatoms. The second-order valence-corrected chi connectivity index (χ2v) is 5.74. The lowest BCUT2D eigenvalue weighted by Crippen LogP contribution is -2.25. The number of rotatable bonds is 9. The van der Waals surface area contributed by atoms with Gasteiger partial charge in [0, 0.05) is 19.2 Å². The largest absolute Gasteiger partial charge is 0.489 e. The average Bonchev–Trinajstić information content (AvgIpc) is 2.66. The van der Waals surface area contributed by atoms with Crippen LogP contribution in [0.2, 0.25) is 0 Å². The molecule has 7 nitrogen and oxygen atoms in total. The zero-order valence-corrected chi connectivity index (χ0v) is 15.1. The number of amides is 2. The van der Waals surface area contributed by atoms with E-state index in [0.717, 1.165) is 5.56 Å². The first-order chi connectivity index (χ1) is 13.0. The maximum Gasteiger partial charge on any atom is 0.308 e. The zero-order valence-electron chi connectivity index (χ0n) is 15.1. The van der Waals surface area contributed by atoms with E-state index in [-0.39, 0.29) is 25.5 Å². The van der Waals surface area contributed by atoms with E-state index in [1.165, 1.54) is 6.92 Å². The molecule has 0 unspecified atom stereocenters. The number of carbonyl (C=O) groups excluding carboxylic acids is 3. The molecule has 0 aliphatic rings. The van der Waals surface area contributed by atoms with Crippen LogP contribution in [-0.2, 0) is 25.7 Å². The van der Waals surface area contributed by atoms with E-state index in [1.807, 2.05) is 30.3 Å². The highest BCUT2D eigenvalue weighted by Crippen LogP contribution is 2.17. The number of esters is 1. The summed E-state index contributed by atoms with van der Waals surface area (Å²) in [7, 11) is 0. The van der Waals surface area contributed by atoms with Gasteiger partial charge in [-0.05, 0) is 29.8 Å². The molecule has 0 aliphatic heterocycles. The fourth-order valence-electron chi connectivity index (χ4n) is 2.13. The van der Waals surface area contributed by atoms with E-state index in [0.29, 0.717) is 18.0 Å². The van der Waals surface area contributed by atoms with Crippen LogP contribution in [0.5, 0.6) is 5.75 Å². The molecule has 0 atom stereocenters. The maximum atomic E-state index is 11.8. The molecule has 2 amide bonds. The Balaban J connectivity index is 1.69. The first kappa shape index (κ1) is 20.0. The summed E-state index contributed by atoms with van der Waals surface area (Å²) in [6, 6.07) is 16.7. The van der Waals surface area contributed by atoms with Crippen molar-refractivity contribution in [3.05, 3.63) is 60.2 Å². The quantitative estimate of drug-likeness (QED) is 0.661.